The van der Waals surface area contributed by atoms with Crippen LogP contribution in [-0.2, 0) is 0 Å². The number of pyridine rings is 1. The van der Waals surface area contributed by atoms with Gasteiger partial charge >= 0.3 is 0 Å². The van der Waals surface area contributed by atoms with Crippen molar-refractivity contribution in [2.24, 2.45) is 5.92 Å². The molecule has 2 aliphatic rings. The molecule has 1 aliphatic heterocycles. The number of anilines is 2. The number of rotatable bonds is 3. The summed E-state index contributed by atoms with van der Waals surface area (Å²) in [6, 6.07) is 3.26. The van der Waals surface area contributed by atoms with Gasteiger partial charge in [-0.1, -0.05) is 0 Å². The molecule has 23 heavy (non-hydrogen) atoms. The summed E-state index contributed by atoms with van der Waals surface area (Å²) in [5.74, 6) is 2.25. The van der Waals surface area contributed by atoms with E-state index < -0.39 is 0 Å². The lowest BCUT2D eigenvalue weighted by molar-refractivity contribution is 0.250. The first kappa shape index (κ1) is 14.6. The molecule has 3 heterocycles. The summed E-state index contributed by atoms with van der Waals surface area (Å²) in [4.78, 5) is 16.4. The molecule has 4 rings (SSSR count). The molecule has 1 saturated carbocycles. The van der Waals surface area contributed by atoms with Gasteiger partial charge in [0.2, 0.25) is 5.95 Å². The van der Waals surface area contributed by atoms with Crippen molar-refractivity contribution in [1.82, 2.24) is 19.9 Å². The van der Waals surface area contributed by atoms with Gasteiger partial charge in [0.15, 0.2) is 5.65 Å². The molecule has 1 saturated heterocycles. The SMILES string of the molecule is CNc1nc(N[C@@H]2C[C@H]3C[C@@H]2CN3C)nc2nc(C)cc(C)c12. The first-order chi connectivity index (χ1) is 11.0. The van der Waals surface area contributed by atoms with Gasteiger partial charge in [0.1, 0.15) is 5.82 Å². The summed E-state index contributed by atoms with van der Waals surface area (Å²) in [6.45, 7) is 5.26. The summed E-state index contributed by atoms with van der Waals surface area (Å²) < 4.78 is 0. The van der Waals surface area contributed by atoms with Crippen molar-refractivity contribution in [1.29, 1.82) is 0 Å². The van der Waals surface area contributed by atoms with Gasteiger partial charge in [-0.15, -0.1) is 0 Å². The van der Waals surface area contributed by atoms with Gasteiger partial charge in [0.05, 0.1) is 5.39 Å². The van der Waals surface area contributed by atoms with Crippen molar-refractivity contribution in [3.05, 3.63) is 17.3 Å². The third-order valence-corrected chi connectivity index (χ3v) is 5.36. The van der Waals surface area contributed by atoms with Crippen molar-refractivity contribution in [2.45, 2.75) is 38.8 Å². The third-order valence-electron chi connectivity index (χ3n) is 5.36. The minimum absolute atomic E-state index is 0.476. The van der Waals surface area contributed by atoms with Crippen molar-refractivity contribution >= 4 is 22.8 Å². The summed E-state index contributed by atoms with van der Waals surface area (Å²) in [5, 5.41) is 7.78. The molecular weight excluding hydrogens is 288 g/mol. The zero-order chi connectivity index (χ0) is 16.1. The standard InChI is InChI=1S/C17H24N6/c1-9-5-10(2)19-16-14(9)15(18-3)21-17(22-16)20-13-7-12-6-11(13)8-23(12)4/h5,11-13H,6-8H2,1-4H3,(H2,18,19,20,21,22)/t11-,12-,13-/m1/s1. The van der Waals surface area contributed by atoms with Crippen LogP contribution in [-0.4, -0.2) is 52.6 Å². The summed E-state index contributed by atoms with van der Waals surface area (Å²) in [7, 11) is 4.12. The molecule has 0 unspecified atom stereocenters. The van der Waals surface area contributed by atoms with Gasteiger partial charge < -0.3 is 15.5 Å². The number of nitrogens with one attached hydrogen (secondary N) is 2. The topological polar surface area (TPSA) is 66.0 Å². The first-order valence-corrected chi connectivity index (χ1v) is 8.35. The Labute approximate surface area is 136 Å². The Hall–Kier alpha value is -1.95. The van der Waals surface area contributed by atoms with Crippen LogP contribution >= 0.6 is 0 Å². The van der Waals surface area contributed by atoms with E-state index in [1.54, 1.807) is 0 Å². The Morgan fingerprint density at radius 3 is 2.65 bits per heavy atom. The van der Waals surface area contributed by atoms with Crippen LogP contribution in [0.4, 0.5) is 11.8 Å². The van der Waals surface area contributed by atoms with E-state index in [0.29, 0.717) is 23.9 Å². The minimum Gasteiger partial charge on any atom is -0.372 e. The van der Waals surface area contributed by atoms with Gasteiger partial charge in [0.25, 0.3) is 0 Å². The lowest BCUT2D eigenvalue weighted by atomic mass is 10.0. The fraction of sp³-hybridized carbons (Fsp3) is 0.588. The fourth-order valence-corrected chi connectivity index (χ4v) is 4.24. The zero-order valence-corrected chi connectivity index (χ0v) is 14.2. The Bertz CT molecular complexity index is 756. The molecular formula is C17H24N6. The summed E-state index contributed by atoms with van der Waals surface area (Å²) in [5.41, 5.74) is 2.91. The average molecular weight is 312 g/mol. The van der Waals surface area contributed by atoms with Gasteiger partial charge in [-0.05, 0) is 51.3 Å². The van der Waals surface area contributed by atoms with Crippen molar-refractivity contribution in [3.63, 3.8) is 0 Å². The predicted octanol–water partition coefficient (Wildman–Crippen LogP) is 2.19. The molecule has 2 fully saturated rings. The molecule has 6 nitrogen and oxygen atoms in total. The Morgan fingerprint density at radius 1 is 1.17 bits per heavy atom. The van der Waals surface area contributed by atoms with Crippen LogP contribution in [0.3, 0.4) is 0 Å². The second-order valence-corrected chi connectivity index (χ2v) is 7.00. The molecule has 3 atom stereocenters. The fourth-order valence-electron chi connectivity index (χ4n) is 4.24. The van der Waals surface area contributed by atoms with Crippen LogP contribution in [0.5, 0.6) is 0 Å². The van der Waals surface area contributed by atoms with Crippen LogP contribution in [0.25, 0.3) is 11.0 Å². The quantitative estimate of drug-likeness (QED) is 0.905. The van der Waals surface area contributed by atoms with Gasteiger partial charge in [-0.25, -0.2) is 4.98 Å². The molecule has 0 amide bonds. The Morgan fingerprint density at radius 2 is 2.00 bits per heavy atom. The molecule has 0 spiro atoms. The van der Waals surface area contributed by atoms with Crippen molar-refractivity contribution in [2.75, 3.05) is 31.3 Å². The highest BCUT2D eigenvalue weighted by atomic mass is 15.2. The van der Waals surface area contributed by atoms with Gasteiger partial charge in [0, 0.05) is 31.4 Å². The first-order valence-electron chi connectivity index (χ1n) is 8.35. The molecule has 0 radical (unpaired) electrons. The van der Waals surface area contributed by atoms with E-state index in [9.17, 15) is 0 Å². The van der Waals surface area contributed by atoms with E-state index >= 15 is 0 Å². The molecule has 2 N–H and O–H groups in total. The van der Waals surface area contributed by atoms with Crippen LogP contribution in [0.15, 0.2) is 6.07 Å². The highest BCUT2D eigenvalue weighted by Gasteiger charge is 2.43. The average Bonchev–Trinajstić information content (AvgIpc) is 3.04. The predicted molar refractivity (Wildman–Crippen MR) is 92.9 cm³/mol. The largest absolute Gasteiger partial charge is 0.372 e. The monoisotopic (exact) mass is 312 g/mol. The third kappa shape index (κ3) is 2.41. The van der Waals surface area contributed by atoms with E-state index in [4.69, 9.17) is 0 Å². The van der Waals surface area contributed by atoms with Crippen LogP contribution < -0.4 is 10.6 Å². The van der Waals surface area contributed by atoms with E-state index in [0.717, 1.165) is 28.1 Å². The molecule has 0 aromatic carbocycles. The van der Waals surface area contributed by atoms with E-state index in [2.05, 4.69) is 50.5 Å². The Kier molecular flexibility index (Phi) is 3.37. The second kappa shape index (κ2) is 5.30. The molecule has 2 aromatic heterocycles. The number of likely N-dealkylation sites (tertiary alicyclic amines) is 1. The molecule has 6 heteroatoms. The van der Waals surface area contributed by atoms with E-state index in [-0.39, 0.29) is 0 Å². The van der Waals surface area contributed by atoms with Crippen molar-refractivity contribution in [3.8, 4) is 0 Å². The number of nitrogens with zero attached hydrogens (tertiary/aromatic N) is 4. The van der Waals surface area contributed by atoms with Gasteiger partial charge in [-0.2, -0.15) is 9.97 Å². The lowest BCUT2D eigenvalue weighted by Gasteiger charge is -2.29. The highest BCUT2D eigenvalue weighted by Crippen LogP contribution is 2.38. The second-order valence-electron chi connectivity index (χ2n) is 7.00. The van der Waals surface area contributed by atoms with E-state index in [1.165, 1.54) is 19.4 Å². The molecule has 122 valence electrons. The van der Waals surface area contributed by atoms with Gasteiger partial charge in [-0.3, -0.25) is 0 Å². The number of fused-ring (bicyclic) bond motifs is 3. The highest BCUT2D eigenvalue weighted by molar-refractivity contribution is 5.90. The maximum atomic E-state index is 4.69. The smallest absolute Gasteiger partial charge is 0.226 e. The number of aryl methyl sites for hydroxylation is 2. The maximum Gasteiger partial charge on any atom is 0.226 e. The maximum absolute atomic E-state index is 4.69. The van der Waals surface area contributed by atoms with Crippen LogP contribution in [0.1, 0.15) is 24.1 Å². The minimum atomic E-state index is 0.476. The molecule has 1 aliphatic carbocycles. The molecule has 2 bridgehead atoms. The number of hydrogen-bond donors (Lipinski definition) is 2. The van der Waals surface area contributed by atoms with Crippen LogP contribution in [0.2, 0.25) is 0 Å². The number of hydrogen-bond acceptors (Lipinski definition) is 6. The lowest BCUT2D eigenvalue weighted by Crippen LogP contribution is -2.38. The number of piperidine rings is 1. The summed E-state index contributed by atoms with van der Waals surface area (Å²) >= 11 is 0. The number of aromatic nitrogens is 3. The van der Waals surface area contributed by atoms with Crippen LogP contribution in [0, 0.1) is 19.8 Å². The summed E-state index contributed by atoms with van der Waals surface area (Å²) in [6.07, 6.45) is 2.47. The Balaban J connectivity index is 1.68. The zero-order valence-electron chi connectivity index (χ0n) is 14.2. The normalized spacial score (nSPS) is 26.9. The van der Waals surface area contributed by atoms with E-state index in [1.807, 2.05) is 14.0 Å². The molecule has 2 aromatic rings. The van der Waals surface area contributed by atoms with Crippen molar-refractivity contribution < 1.29 is 0 Å².